The molecule has 3 atom stereocenters. The van der Waals surface area contributed by atoms with E-state index in [1.165, 1.54) is 18.9 Å². The van der Waals surface area contributed by atoms with E-state index in [4.69, 9.17) is 0 Å². The van der Waals surface area contributed by atoms with E-state index in [1.54, 1.807) is 17.8 Å². The summed E-state index contributed by atoms with van der Waals surface area (Å²) in [6, 6.07) is 7.74. The van der Waals surface area contributed by atoms with Gasteiger partial charge in [-0.05, 0) is 36.3 Å². The van der Waals surface area contributed by atoms with Crippen LogP contribution in [0.3, 0.4) is 0 Å². The summed E-state index contributed by atoms with van der Waals surface area (Å²) >= 11 is 1.80. The van der Waals surface area contributed by atoms with Crippen molar-refractivity contribution in [2.75, 3.05) is 12.3 Å². The van der Waals surface area contributed by atoms with Gasteiger partial charge in [0.15, 0.2) is 0 Å². The summed E-state index contributed by atoms with van der Waals surface area (Å²) in [4.78, 5) is 0. The summed E-state index contributed by atoms with van der Waals surface area (Å²) in [5, 5.41) is 3.63. The van der Waals surface area contributed by atoms with Crippen LogP contribution in [0.2, 0.25) is 0 Å². The summed E-state index contributed by atoms with van der Waals surface area (Å²) in [7, 11) is 0. The van der Waals surface area contributed by atoms with Crippen molar-refractivity contribution in [3.05, 3.63) is 47.8 Å². The van der Waals surface area contributed by atoms with Gasteiger partial charge in [0, 0.05) is 24.1 Å². The summed E-state index contributed by atoms with van der Waals surface area (Å²) < 4.78 is 13.4. The van der Waals surface area contributed by atoms with Gasteiger partial charge >= 0.3 is 0 Å². The minimum atomic E-state index is -0.0825. The third-order valence-corrected chi connectivity index (χ3v) is 5.24. The largest absolute Gasteiger partial charge is 0.313 e. The van der Waals surface area contributed by atoms with E-state index in [2.05, 4.69) is 17.5 Å². The van der Waals surface area contributed by atoms with Gasteiger partial charge in [0.05, 0.1) is 0 Å². The zero-order chi connectivity index (χ0) is 13.1. The number of rotatable bonds is 6. The number of nitrogens with one attached hydrogen (secondary N) is 1. The number of hydrogen-bond donors (Lipinski definition) is 1. The molecule has 0 aromatic heterocycles. The maximum absolute atomic E-state index is 13.4. The molecule has 1 aromatic carbocycles. The van der Waals surface area contributed by atoms with Gasteiger partial charge in [-0.3, -0.25) is 0 Å². The van der Waals surface area contributed by atoms with E-state index in [-0.39, 0.29) is 5.82 Å². The van der Waals surface area contributed by atoms with Gasteiger partial charge in [-0.1, -0.05) is 30.4 Å². The molecule has 3 rings (SSSR count). The van der Waals surface area contributed by atoms with Crippen LogP contribution in [-0.2, 0) is 5.75 Å². The second-order valence-corrected chi connectivity index (χ2v) is 6.55. The molecule has 1 N–H and O–H groups in total. The SMILES string of the molecule is Fc1ccccc1CSCCN[C@H]1C[C@H]2CC=C[C@@H]21. The van der Waals surface area contributed by atoms with E-state index in [0.717, 1.165) is 35.4 Å². The molecule has 102 valence electrons. The monoisotopic (exact) mass is 277 g/mol. The Labute approximate surface area is 118 Å². The first-order chi connectivity index (χ1) is 9.34. The first kappa shape index (κ1) is 13.2. The van der Waals surface area contributed by atoms with Crippen LogP contribution < -0.4 is 5.32 Å². The Morgan fingerprint density at radius 2 is 2.21 bits per heavy atom. The van der Waals surface area contributed by atoms with Crippen molar-refractivity contribution in [2.24, 2.45) is 11.8 Å². The highest BCUT2D eigenvalue weighted by Crippen LogP contribution is 2.42. The third kappa shape index (κ3) is 3.03. The molecule has 1 nitrogen and oxygen atoms in total. The summed E-state index contributed by atoms with van der Waals surface area (Å²) in [5.74, 6) is 3.44. The van der Waals surface area contributed by atoms with Crippen molar-refractivity contribution < 1.29 is 4.39 Å². The molecule has 0 radical (unpaired) electrons. The Morgan fingerprint density at radius 1 is 1.32 bits per heavy atom. The van der Waals surface area contributed by atoms with Crippen molar-refractivity contribution in [3.63, 3.8) is 0 Å². The highest BCUT2D eigenvalue weighted by molar-refractivity contribution is 7.98. The lowest BCUT2D eigenvalue weighted by molar-refractivity contribution is 0.166. The Kier molecular flexibility index (Phi) is 4.24. The lowest BCUT2D eigenvalue weighted by atomic mass is 9.71. The molecule has 2 aliphatic rings. The predicted molar refractivity (Wildman–Crippen MR) is 79.7 cm³/mol. The molecule has 19 heavy (non-hydrogen) atoms. The minimum absolute atomic E-state index is 0.0825. The van der Waals surface area contributed by atoms with Crippen LogP contribution in [0, 0.1) is 17.7 Å². The van der Waals surface area contributed by atoms with Crippen molar-refractivity contribution in [1.29, 1.82) is 0 Å². The molecule has 1 aromatic rings. The maximum atomic E-state index is 13.4. The zero-order valence-electron chi connectivity index (χ0n) is 11.0. The van der Waals surface area contributed by atoms with Crippen LogP contribution in [0.4, 0.5) is 4.39 Å². The second-order valence-electron chi connectivity index (χ2n) is 5.44. The third-order valence-electron chi connectivity index (χ3n) is 4.23. The van der Waals surface area contributed by atoms with Crippen LogP contribution in [0.15, 0.2) is 36.4 Å². The molecule has 0 bridgehead atoms. The fourth-order valence-electron chi connectivity index (χ4n) is 3.06. The lowest BCUT2D eigenvalue weighted by Crippen LogP contribution is -2.48. The standard InChI is InChI=1S/C16H20FNS/c17-15-7-2-1-4-13(15)11-19-9-8-18-16-10-12-5-3-6-14(12)16/h1-4,6-7,12,14,16,18H,5,8-11H2/t12-,14+,16+/m1/s1. The van der Waals surface area contributed by atoms with E-state index < -0.39 is 0 Å². The van der Waals surface area contributed by atoms with E-state index >= 15 is 0 Å². The molecule has 0 spiro atoms. The fourth-order valence-corrected chi connectivity index (χ4v) is 3.92. The van der Waals surface area contributed by atoms with E-state index in [0.29, 0.717) is 6.04 Å². The highest BCUT2D eigenvalue weighted by atomic mass is 32.2. The number of thioether (sulfide) groups is 1. The quantitative estimate of drug-likeness (QED) is 0.629. The van der Waals surface area contributed by atoms with Gasteiger partial charge < -0.3 is 5.32 Å². The lowest BCUT2D eigenvalue weighted by Gasteiger charge is -2.40. The van der Waals surface area contributed by atoms with Crippen molar-refractivity contribution >= 4 is 11.8 Å². The van der Waals surface area contributed by atoms with Gasteiger partial charge in [0.25, 0.3) is 0 Å². The Balaban J connectivity index is 1.32. The number of fused-ring (bicyclic) bond motifs is 1. The van der Waals surface area contributed by atoms with Crippen molar-refractivity contribution in [1.82, 2.24) is 5.32 Å². The zero-order valence-corrected chi connectivity index (χ0v) is 11.8. The number of hydrogen-bond acceptors (Lipinski definition) is 2. The average Bonchev–Trinajstić information content (AvgIpc) is 2.77. The Bertz CT molecular complexity index is 460. The highest BCUT2D eigenvalue weighted by Gasteiger charge is 2.40. The van der Waals surface area contributed by atoms with E-state index in [1.807, 2.05) is 12.1 Å². The number of benzene rings is 1. The molecule has 0 amide bonds. The van der Waals surface area contributed by atoms with Gasteiger partial charge in [-0.15, -0.1) is 0 Å². The average molecular weight is 277 g/mol. The topological polar surface area (TPSA) is 12.0 Å². The summed E-state index contributed by atoms with van der Waals surface area (Å²) in [5.41, 5.74) is 0.815. The van der Waals surface area contributed by atoms with Crippen molar-refractivity contribution in [2.45, 2.75) is 24.6 Å². The molecule has 1 saturated carbocycles. The molecule has 0 unspecified atom stereocenters. The van der Waals surface area contributed by atoms with Crippen molar-refractivity contribution in [3.8, 4) is 0 Å². The first-order valence-electron chi connectivity index (χ1n) is 7.06. The molecular weight excluding hydrogens is 257 g/mol. The first-order valence-corrected chi connectivity index (χ1v) is 8.21. The predicted octanol–water partition coefficient (Wildman–Crippen LogP) is 3.61. The number of halogens is 1. The van der Waals surface area contributed by atoms with Gasteiger partial charge in [0.2, 0.25) is 0 Å². The van der Waals surface area contributed by atoms with Crippen LogP contribution in [0.1, 0.15) is 18.4 Å². The summed E-state index contributed by atoms with van der Waals surface area (Å²) in [6.45, 7) is 1.03. The Morgan fingerprint density at radius 3 is 3.05 bits per heavy atom. The second kappa shape index (κ2) is 6.10. The molecule has 0 heterocycles. The molecule has 0 saturated heterocycles. The van der Waals surface area contributed by atoms with Gasteiger partial charge in [-0.2, -0.15) is 11.8 Å². The summed E-state index contributed by atoms with van der Waals surface area (Å²) in [6.07, 6.45) is 7.31. The Hall–Kier alpha value is -0.800. The molecule has 3 heteroatoms. The van der Waals surface area contributed by atoms with Crippen LogP contribution in [0.5, 0.6) is 0 Å². The van der Waals surface area contributed by atoms with Crippen LogP contribution in [0.25, 0.3) is 0 Å². The molecular formula is C16H20FNS. The van der Waals surface area contributed by atoms with Gasteiger partial charge in [-0.25, -0.2) is 4.39 Å². The minimum Gasteiger partial charge on any atom is -0.313 e. The molecule has 0 aliphatic heterocycles. The number of allylic oxidation sites excluding steroid dienone is 1. The smallest absolute Gasteiger partial charge is 0.127 e. The molecule has 2 aliphatic carbocycles. The van der Waals surface area contributed by atoms with Crippen LogP contribution in [-0.4, -0.2) is 18.3 Å². The molecule has 1 fully saturated rings. The fraction of sp³-hybridized carbons (Fsp3) is 0.500. The maximum Gasteiger partial charge on any atom is 0.127 e. The normalized spacial score (nSPS) is 28.2. The van der Waals surface area contributed by atoms with E-state index in [9.17, 15) is 4.39 Å². The van der Waals surface area contributed by atoms with Gasteiger partial charge in [0.1, 0.15) is 5.82 Å². The van der Waals surface area contributed by atoms with Crippen LogP contribution >= 0.6 is 11.8 Å².